The number of carbonyl (C=O) groups is 2. The van der Waals surface area contributed by atoms with Crippen molar-refractivity contribution in [2.24, 2.45) is 0 Å². The summed E-state index contributed by atoms with van der Waals surface area (Å²) in [6, 6.07) is 14.0. The van der Waals surface area contributed by atoms with Gasteiger partial charge in [0.25, 0.3) is 5.91 Å². The van der Waals surface area contributed by atoms with Gasteiger partial charge in [0.1, 0.15) is 0 Å². The highest BCUT2D eigenvalue weighted by molar-refractivity contribution is 6.31. The summed E-state index contributed by atoms with van der Waals surface area (Å²) >= 11 is 5.89. The maximum absolute atomic E-state index is 11.8. The SMILES string of the molecule is Cc1ccc(Cl)cc1NC(=O)CNC(=O)c1ccccc1. The normalized spacial score (nSPS) is 10.0. The molecule has 2 aromatic carbocycles. The highest BCUT2D eigenvalue weighted by atomic mass is 35.5. The number of aryl methyl sites for hydroxylation is 1. The smallest absolute Gasteiger partial charge is 0.251 e. The number of hydrogen-bond donors (Lipinski definition) is 2. The Labute approximate surface area is 128 Å². The zero-order chi connectivity index (χ0) is 15.2. The lowest BCUT2D eigenvalue weighted by molar-refractivity contribution is -0.115. The largest absolute Gasteiger partial charge is 0.343 e. The molecule has 2 N–H and O–H groups in total. The van der Waals surface area contributed by atoms with Gasteiger partial charge in [-0.05, 0) is 36.8 Å². The summed E-state index contributed by atoms with van der Waals surface area (Å²) in [6.07, 6.45) is 0. The van der Waals surface area contributed by atoms with Crippen molar-refractivity contribution in [3.8, 4) is 0 Å². The molecule has 21 heavy (non-hydrogen) atoms. The first-order valence-corrected chi connectivity index (χ1v) is 6.83. The fraction of sp³-hybridized carbons (Fsp3) is 0.125. The van der Waals surface area contributed by atoms with Crippen molar-refractivity contribution in [1.29, 1.82) is 0 Å². The number of rotatable bonds is 4. The van der Waals surface area contributed by atoms with Crippen molar-refractivity contribution >= 4 is 29.1 Å². The zero-order valence-electron chi connectivity index (χ0n) is 11.5. The first-order chi connectivity index (χ1) is 10.1. The minimum Gasteiger partial charge on any atom is -0.343 e. The van der Waals surface area contributed by atoms with E-state index < -0.39 is 0 Å². The Morgan fingerprint density at radius 2 is 1.81 bits per heavy atom. The lowest BCUT2D eigenvalue weighted by atomic mass is 10.2. The summed E-state index contributed by atoms with van der Waals surface area (Å²) in [7, 11) is 0. The van der Waals surface area contributed by atoms with Gasteiger partial charge in [-0.1, -0.05) is 35.9 Å². The molecule has 2 amide bonds. The van der Waals surface area contributed by atoms with E-state index in [2.05, 4.69) is 10.6 Å². The van der Waals surface area contributed by atoms with E-state index in [1.807, 2.05) is 19.1 Å². The van der Waals surface area contributed by atoms with Crippen molar-refractivity contribution in [3.05, 3.63) is 64.7 Å². The monoisotopic (exact) mass is 302 g/mol. The van der Waals surface area contributed by atoms with Gasteiger partial charge < -0.3 is 10.6 Å². The Hall–Kier alpha value is -2.33. The van der Waals surface area contributed by atoms with Crippen molar-refractivity contribution in [2.75, 3.05) is 11.9 Å². The predicted molar refractivity (Wildman–Crippen MR) is 83.6 cm³/mol. The van der Waals surface area contributed by atoms with Crippen LogP contribution in [0.1, 0.15) is 15.9 Å². The van der Waals surface area contributed by atoms with Crippen LogP contribution in [0.15, 0.2) is 48.5 Å². The van der Waals surface area contributed by atoms with Crippen LogP contribution in [0.5, 0.6) is 0 Å². The summed E-state index contributed by atoms with van der Waals surface area (Å²) in [5, 5.41) is 5.83. The Kier molecular flexibility index (Phi) is 4.95. The van der Waals surface area contributed by atoms with E-state index in [4.69, 9.17) is 11.6 Å². The molecular formula is C16H15ClN2O2. The number of hydrogen-bond acceptors (Lipinski definition) is 2. The third kappa shape index (κ3) is 4.33. The van der Waals surface area contributed by atoms with Gasteiger partial charge in [0.05, 0.1) is 6.54 Å². The van der Waals surface area contributed by atoms with Crippen LogP contribution in [0.2, 0.25) is 5.02 Å². The highest BCUT2D eigenvalue weighted by Crippen LogP contribution is 2.19. The number of nitrogens with one attached hydrogen (secondary N) is 2. The number of anilines is 1. The molecule has 2 aromatic rings. The Morgan fingerprint density at radius 3 is 2.52 bits per heavy atom. The van der Waals surface area contributed by atoms with E-state index in [1.165, 1.54) is 0 Å². The molecule has 0 unspecified atom stereocenters. The van der Waals surface area contributed by atoms with Crippen LogP contribution in [-0.2, 0) is 4.79 Å². The van der Waals surface area contributed by atoms with E-state index in [0.29, 0.717) is 16.3 Å². The van der Waals surface area contributed by atoms with Crippen LogP contribution in [-0.4, -0.2) is 18.4 Å². The lowest BCUT2D eigenvalue weighted by Crippen LogP contribution is -2.32. The first-order valence-electron chi connectivity index (χ1n) is 6.45. The molecule has 0 aliphatic rings. The van der Waals surface area contributed by atoms with Gasteiger partial charge in [-0.3, -0.25) is 9.59 Å². The van der Waals surface area contributed by atoms with E-state index in [0.717, 1.165) is 5.56 Å². The van der Waals surface area contributed by atoms with E-state index in [1.54, 1.807) is 36.4 Å². The van der Waals surface area contributed by atoms with Gasteiger partial charge >= 0.3 is 0 Å². The molecular weight excluding hydrogens is 288 g/mol. The molecule has 108 valence electrons. The summed E-state index contributed by atoms with van der Waals surface area (Å²) in [5.74, 6) is -0.585. The maximum atomic E-state index is 11.8. The second kappa shape index (κ2) is 6.90. The molecule has 0 bridgehead atoms. The van der Waals surface area contributed by atoms with Crippen molar-refractivity contribution in [3.63, 3.8) is 0 Å². The molecule has 0 saturated heterocycles. The standard InChI is InChI=1S/C16H15ClN2O2/c1-11-7-8-13(17)9-14(11)19-15(20)10-18-16(21)12-5-3-2-4-6-12/h2-9H,10H2,1H3,(H,18,21)(H,19,20). The quantitative estimate of drug-likeness (QED) is 0.912. The van der Waals surface area contributed by atoms with E-state index in [9.17, 15) is 9.59 Å². The number of carbonyl (C=O) groups excluding carboxylic acids is 2. The maximum Gasteiger partial charge on any atom is 0.251 e. The molecule has 0 aromatic heterocycles. The van der Waals surface area contributed by atoms with Crippen molar-refractivity contribution < 1.29 is 9.59 Å². The molecule has 0 atom stereocenters. The number of amides is 2. The van der Waals surface area contributed by atoms with Crippen molar-refractivity contribution in [2.45, 2.75) is 6.92 Å². The Balaban J connectivity index is 1.91. The topological polar surface area (TPSA) is 58.2 Å². The molecule has 5 heteroatoms. The van der Waals surface area contributed by atoms with Gasteiger partial charge in [0, 0.05) is 16.3 Å². The molecule has 0 saturated carbocycles. The molecule has 0 aliphatic heterocycles. The van der Waals surface area contributed by atoms with Gasteiger partial charge in [0.2, 0.25) is 5.91 Å². The van der Waals surface area contributed by atoms with Crippen LogP contribution < -0.4 is 10.6 Å². The van der Waals surface area contributed by atoms with Gasteiger partial charge in [-0.2, -0.15) is 0 Å². The average Bonchev–Trinajstić information content (AvgIpc) is 2.49. The molecule has 0 heterocycles. The van der Waals surface area contributed by atoms with Crippen LogP contribution >= 0.6 is 11.6 Å². The molecule has 4 nitrogen and oxygen atoms in total. The first kappa shape index (κ1) is 15.1. The highest BCUT2D eigenvalue weighted by Gasteiger charge is 2.09. The summed E-state index contributed by atoms with van der Waals surface area (Å²) in [4.78, 5) is 23.7. The van der Waals surface area contributed by atoms with Crippen molar-refractivity contribution in [1.82, 2.24) is 5.32 Å². The second-order valence-electron chi connectivity index (χ2n) is 4.56. The van der Waals surface area contributed by atoms with Gasteiger partial charge in [-0.25, -0.2) is 0 Å². The zero-order valence-corrected chi connectivity index (χ0v) is 12.3. The minimum absolute atomic E-state index is 0.0975. The summed E-state index contributed by atoms with van der Waals surface area (Å²) in [5.41, 5.74) is 2.06. The fourth-order valence-electron chi connectivity index (χ4n) is 1.78. The molecule has 0 radical (unpaired) electrons. The molecule has 0 spiro atoms. The third-order valence-electron chi connectivity index (χ3n) is 2.92. The van der Waals surface area contributed by atoms with Crippen LogP contribution in [0.4, 0.5) is 5.69 Å². The average molecular weight is 303 g/mol. The van der Waals surface area contributed by atoms with E-state index >= 15 is 0 Å². The second-order valence-corrected chi connectivity index (χ2v) is 4.99. The minimum atomic E-state index is -0.301. The number of halogens is 1. The molecule has 0 aliphatic carbocycles. The third-order valence-corrected chi connectivity index (χ3v) is 3.15. The summed E-state index contributed by atoms with van der Waals surface area (Å²) < 4.78 is 0. The molecule has 0 fully saturated rings. The Morgan fingerprint density at radius 1 is 1.10 bits per heavy atom. The van der Waals surface area contributed by atoms with E-state index in [-0.39, 0.29) is 18.4 Å². The fourth-order valence-corrected chi connectivity index (χ4v) is 1.95. The van der Waals surface area contributed by atoms with Crippen LogP contribution in [0.25, 0.3) is 0 Å². The summed E-state index contributed by atoms with van der Waals surface area (Å²) in [6.45, 7) is 1.77. The Bertz CT molecular complexity index is 657. The van der Waals surface area contributed by atoms with Gasteiger partial charge in [0.15, 0.2) is 0 Å². The van der Waals surface area contributed by atoms with Crippen LogP contribution in [0.3, 0.4) is 0 Å². The predicted octanol–water partition coefficient (Wildman–Crippen LogP) is 3.02. The lowest BCUT2D eigenvalue weighted by Gasteiger charge is -2.09. The van der Waals surface area contributed by atoms with Crippen LogP contribution in [0, 0.1) is 6.92 Å². The molecule has 2 rings (SSSR count). The number of benzene rings is 2. The van der Waals surface area contributed by atoms with Gasteiger partial charge in [-0.15, -0.1) is 0 Å².